The maximum Gasteiger partial charge on any atom is 0.235 e. The van der Waals surface area contributed by atoms with E-state index in [2.05, 4.69) is 20.3 Å². The fourth-order valence-electron chi connectivity index (χ4n) is 4.39. The third-order valence-electron chi connectivity index (χ3n) is 6.15. The van der Waals surface area contributed by atoms with Gasteiger partial charge in [-0.2, -0.15) is 0 Å². The lowest BCUT2D eigenvalue weighted by Crippen LogP contribution is -2.47. The van der Waals surface area contributed by atoms with Crippen molar-refractivity contribution in [1.29, 1.82) is 0 Å². The second-order valence-electron chi connectivity index (χ2n) is 7.92. The Labute approximate surface area is 184 Å². The highest BCUT2D eigenvalue weighted by atomic mass is 19.1. The van der Waals surface area contributed by atoms with Crippen LogP contribution in [-0.2, 0) is 16.8 Å². The molecule has 2 aromatic heterocycles. The van der Waals surface area contributed by atoms with Crippen LogP contribution < -0.4 is 19.7 Å². The van der Waals surface area contributed by atoms with E-state index >= 15 is 0 Å². The number of ether oxygens (including phenoxy) is 2. The maximum atomic E-state index is 13.1. The summed E-state index contributed by atoms with van der Waals surface area (Å²) in [5.41, 5.74) is 1.99. The normalized spacial score (nSPS) is 16.6. The molecule has 1 N–H and O–H groups in total. The number of aromatic nitrogens is 3. The van der Waals surface area contributed by atoms with Gasteiger partial charge in [0.2, 0.25) is 11.9 Å². The lowest BCUT2D eigenvalue weighted by molar-refractivity contribution is -0.121. The second-order valence-corrected chi connectivity index (χ2v) is 7.92. The quantitative estimate of drug-likeness (QED) is 0.659. The van der Waals surface area contributed by atoms with Crippen molar-refractivity contribution in [1.82, 2.24) is 15.0 Å². The summed E-state index contributed by atoms with van der Waals surface area (Å²) in [6, 6.07) is 7.50. The summed E-state index contributed by atoms with van der Waals surface area (Å²) in [6.45, 7) is 1.53. The van der Waals surface area contributed by atoms with Crippen LogP contribution in [0.2, 0.25) is 0 Å². The number of methoxy groups -OCH3 is 1. The number of pyridine rings is 1. The Balaban J connectivity index is 1.38. The van der Waals surface area contributed by atoms with Crippen LogP contribution in [-0.4, -0.2) is 41.1 Å². The van der Waals surface area contributed by atoms with E-state index in [1.165, 1.54) is 0 Å². The molecule has 2 aliphatic rings. The third-order valence-corrected chi connectivity index (χ3v) is 6.15. The van der Waals surface area contributed by atoms with Gasteiger partial charge in [0.15, 0.2) is 17.3 Å². The van der Waals surface area contributed by atoms with Crippen LogP contribution in [0.15, 0.2) is 49.1 Å². The minimum atomic E-state index is -0.650. The van der Waals surface area contributed by atoms with Crippen LogP contribution in [0.25, 0.3) is 0 Å². The van der Waals surface area contributed by atoms with Crippen LogP contribution in [0.3, 0.4) is 0 Å². The summed E-state index contributed by atoms with van der Waals surface area (Å²) >= 11 is 0. The smallest absolute Gasteiger partial charge is 0.235 e. The number of nitrogens with zero attached hydrogens (tertiary/aromatic N) is 4. The minimum Gasteiger partial charge on any atom is -0.493 e. The van der Waals surface area contributed by atoms with Gasteiger partial charge in [0, 0.05) is 37.2 Å². The number of rotatable bonds is 5. The van der Waals surface area contributed by atoms with E-state index in [1.807, 2.05) is 29.2 Å². The van der Waals surface area contributed by atoms with Gasteiger partial charge in [0.1, 0.15) is 6.61 Å². The molecule has 1 spiro atoms. The van der Waals surface area contributed by atoms with Gasteiger partial charge < -0.3 is 19.7 Å². The summed E-state index contributed by atoms with van der Waals surface area (Å²) in [5.74, 6) is 1.12. The standard InChI is InChI=1S/C23H22FN5O3/c1-31-19-10-17-18(11-20(19)32-14-15-2-6-25-7-3-15)28-21(30)23(17)4-8-29(9-5-23)22-26-12-16(24)13-27-22/h2-3,6-7,10-13H,4-5,8-9,14H2,1H3,(H,28,30). The molecular formula is C23H22FN5O3. The molecule has 9 heteroatoms. The molecule has 0 aliphatic carbocycles. The number of carbonyl (C=O) groups is 1. The van der Waals surface area contributed by atoms with E-state index in [1.54, 1.807) is 19.5 Å². The number of hydrogen-bond acceptors (Lipinski definition) is 7. The Morgan fingerprint density at radius 2 is 1.84 bits per heavy atom. The summed E-state index contributed by atoms with van der Waals surface area (Å²) in [7, 11) is 1.59. The fraction of sp³-hybridized carbons (Fsp3) is 0.304. The van der Waals surface area contributed by atoms with E-state index in [9.17, 15) is 9.18 Å². The number of carbonyl (C=O) groups excluding carboxylic acids is 1. The number of benzene rings is 1. The highest BCUT2D eigenvalue weighted by Crippen LogP contribution is 2.49. The Hall–Kier alpha value is -3.75. The lowest BCUT2D eigenvalue weighted by atomic mass is 9.73. The van der Waals surface area contributed by atoms with Crippen molar-refractivity contribution in [2.45, 2.75) is 24.9 Å². The zero-order valence-electron chi connectivity index (χ0n) is 17.5. The molecule has 0 atom stereocenters. The molecule has 0 radical (unpaired) electrons. The molecule has 1 aromatic carbocycles. The number of halogens is 1. The monoisotopic (exact) mass is 435 g/mol. The van der Waals surface area contributed by atoms with Crippen LogP contribution in [0.1, 0.15) is 24.0 Å². The molecule has 8 nitrogen and oxygen atoms in total. The Kier molecular flexibility index (Phi) is 5.08. The van der Waals surface area contributed by atoms with Crippen LogP contribution in [0.5, 0.6) is 11.5 Å². The highest BCUT2D eigenvalue weighted by Gasteiger charge is 2.49. The molecule has 1 fully saturated rings. The maximum absolute atomic E-state index is 13.1. The third kappa shape index (κ3) is 3.49. The molecule has 4 heterocycles. The van der Waals surface area contributed by atoms with E-state index in [0.29, 0.717) is 50.0 Å². The topological polar surface area (TPSA) is 89.5 Å². The van der Waals surface area contributed by atoms with Gasteiger partial charge in [-0.25, -0.2) is 14.4 Å². The Morgan fingerprint density at radius 1 is 1.12 bits per heavy atom. The Bertz CT molecular complexity index is 1130. The Morgan fingerprint density at radius 3 is 2.53 bits per heavy atom. The molecule has 3 aromatic rings. The zero-order valence-corrected chi connectivity index (χ0v) is 17.5. The first-order chi connectivity index (χ1) is 15.6. The van der Waals surface area contributed by atoms with Crippen molar-refractivity contribution >= 4 is 17.5 Å². The van der Waals surface area contributed by atoms with Gasteiger partial charge in [0.25, 0.3) is 0 Å². The van der Waals surface area contributed by atoms with Gasteiger partial charge in [-0.3, -0.25) is 9.78 Å². The number of hydrogen-bond donors (Lipinski definition) is 1. The molecule has 0 saturated carbocycles. The van der Waals surface area contributed by atoms with E-state index < -0.39 is 11.2 Å². The van der Waals surface area contributed by atoms with Crippen molar-refractivity contribution in [3.05, 3.63) is 66.0 Å². The van der Waals surface area contributed by atoms with Crippen LogP contribution in [0, 0.1) is 5.82 Å². The number of anilines is 2. The second kappa shape index (κ2) is 8.07. The first-order valence-electron chi connectivity index (χ1n) is 10.4. The van der Waals surface area contributed by atoms with Crippen LogP contribution in [0.4, 0.5) is 16.0 Å². The number of fused-ring (bicyclic) bond motifs is 2. The summed E-state index contributed by atoms with van der Waals surface area (Å²) in [5, 5.41) is 3.03. The number of nitrogens with one attached hydrogen (secondary N) is 1. The van der Waals surface area contributed by atoms with Gasteiger partial charge in [-0.05, 0) is 42.2 Å². The first kappa shape index (κ1) is 20.2. The van der Waals surface area contributed by atoms with E-state index in [0.717, 1.165) is 29.2 Å². The molecule has 0 unspecified atom stereocenters. The van der Waals surface area contributed by atoms with E-state index in [4.69, 9.17) is 9.47 Å². The van der Waals surface area contributed by atoms with Crippen molar-refractivity contribution in [2.24, 2.45) is 0 Å². The first-order valence-corrected chi connectivity index (χ1v) is 10.4. The predicted molar refractivity (Wildman–Crippen MR) is 115 cm³/mol. The molecule has 5 rings (SSSR count). The van der Waals surface area contributed by atoms with Crippen molar-refractivity contribution in [2.75, 3.05) is 30.4 Å². The molecule has 2 aliphatic heterocycles. The summed E-state index contributed by atoms with van der Waals surface area (Å²) in [6.07, 6.45) is 6.92. The average molecular weight is 435 g/mol. The molecule has 164 valence electrons. The van der Waals surface area contributed by atoms with Gasteiger partial charge in [0.05, 0.1) is 24.9 Å². The van der Waals surface area contributed by atoms with E-state index in [-0.39, 0.29) is 5.91 Å². The van der Waals surface area contributed by atoms with Crippen molar-refractivity contribution in [3.63, 3.8) is 0 Å². The highest BCUT2D eigenvalue weighted by molar-refractivity contribution is 6.07. The SMILES string of the molecule is COc1cc2c(cc1OCc1ccncc1)NC(=O)C21CCN(c2ncc(F)cn2)CC1. The molecular weight excluding hydrogens is 413 g/mol. The predicted octanol–water partition coefficient (Wildman–Crippen LogP) is 3.09. The molecule has 1 amide bonds. The fourth-order valence-corrected chi connectivity index (χ4v) is 4.39. The summed E-state index contributed by atoms with van der Waals surface area (Å²) < 4.78 is 24.7. The van der Waals surface area contributed by atoms with Crippen molar-refractivity contribution < 1.29 is 18.7 Å². The van der Waals surface area contributed by atoms with Gasteiger partial charge >= 0.3 is 0 Å². The molecule has 1 saturated heterocycles. The van der Waals surface area contributed by atoms with Crippen molar-refractivity contribution in [3.8, 4) is 11.5 Å². The largest absolute Gasteiger partial charge is 0.493 e. The average Bonchev–Trinajstić information content (AvgIpc) is 3.08. The minimum absolute atomic E-state index is 0.0273. The van der Waals surface area contributed by atoms with Crippen LogP contribution >= 0.6 is 0 Å². The number of amides is 1. The molecule has 0 bridgehead atoms. The summed E-state index contributed by atoms with van der Waals surface area (Å²) in [4.78, 5) is 27.2. The molecule has 32 heavy (non-hydrogen) atoms. The van der Waals surface area contributed by atoms with Gasteiger partial charge in [-0.1, -0.05) is 0 Å². The number of piperidine rings is 1. The lowest BCUT2D eigenvalue weighted by Gasteiger charge is -2.38. The van der Waals surface area contributed by atoms with Gasteiger partial charge in [-0.15, -0.1) is 0 Å². The zero-order chi connectivity index (χ0) is 22.1.